The van der Waals surface area contributed by atoms with E-state index < -0.39 is 10.0 Å². The van der Waals surface area contributed by atoms with Crippen molar-refractivity contribution < 1.29 is 17.9 Å². The third-order valence-electron chi connectivity index (χ3n) is 6.15. The second kappa shape index (κ2) is 10.0. The number of nitrogens with one attached hydrogen (secondary N) is 1. The van der Waals surface area contributed by atoms with Crippen molar-refractivity contribution in [2.45, 2.75) is 37.6 Å². The van der Waals surface area contributed by atoms with Gasteiger partial charge in [0, 0.05) is 44.0 Å². The number of benzene rings is 2. The molecular weight excluding hydrogens is 426 g/mol. The molecule has 0 radical (unpaired) electrons. The van der Waals surface area contributed by atoms with Gasteiger partial charge in [0.15, 0.2) is 0 Å². The van der Waals surface area contributed by atoms with E-state index in [0.29, 0.717) is 44.0 Å². The molecular formula is C24H31N3O4S. The van der Waals surface area contributed by atoms with Crippen molar-refractivity contribution in [3.05, 3.63) is 59.2 Å². The highest BCUT2D eigenvalue weighted by molar-refractivity contribution is 7.89. The number of hydrogen-bond acceptors (Lipinski definition) is 5. The molecule has 0 bridgehead atoms. The molecule has 4 rings (SSSR count). The minimum absolute atomic E-state index is 0.179. The van der Waals surface area contributed by atoms with Crippen LogP contribution in [-0.2, 0) is 21.3 Å². The fraction of sp³-hybridized carbons (Fsp3) is 0.458. The van der Waals surface area contributed by atoms with Crippen LogP contribution in [0.25, 0.3) is 0 Å². The van der Waals surface area contributed by atoms with Gasteiger partial charge < -0.3 is 15.0 Å². The molecule has 7 nitrogen and oxygen atoms in total. The Labute approximate surface area is 190 Å². The summed E-state index contributed by atoms with van der Waals surface area (Å²) >= 11 is 0. The summed E-state index contributed by atoms with van der Waals surface area (Å²) in [6.07, 6.45) is 3.77. The summed E-state index contributed by atoms with van der Waals surface area (Å²) in [5.74, 6) is -0.288. The molecule has 2 saturated heterocycles. The first-order chi connectivity index (χ1) is 15.4. The van der Waals surface area contributed by atoms with E-state index in [1.54, 1.807) is 19.1 Å². The number of ether oxygens (including phenoxy) is 1. The Morgan fingerprint density at radius 2 is 1.66 bits per heavy atom. The standard InChI is InChI=1S/C24H31N3O4S/c1-19-5-8-21(17-23(19)32(29,30)27-13-15-31-16-14-27)24(28)25-18-20-6-9-22(10-7-20)26-11-3-2-4-12-26/h5-10,17H,2-4,11-16,18H2,1H3,(H,25,28). The van der Waals surface area contributed by atoms with E-state index in [-0.39, 0.29) is 10.8 Å². The second-order valence-electron chi connectivity index (χ2n) is 8.39. The largest absolute Gasteiger partial charge is 0.379 e. The minimum atomic E-state index is -3.66. The lowest BCUT2D eigenvalue weighted by atomic mass is 10.1. The number of carbonyl (C=O) groups is 1. The maximum absolute atomic E-state index is 13.1. The van der Waals surface area contributed by atoms with Crippen molar-refractivity contribution in [3.63, 3.8) is 0 Å². The monoisotopic (exact) mass is 457 g/mol. The third kappa shape index (κ3) is 5.14. The van der Waals surface area contributed by atoms with Gasteiger partial charge in [-0.05, 0) is 61.6 Å². The van der Waals surface area contributed by atoms with Crippen LogP contribution >= 0.6 is 0 Å². The molecule has 2 heterocycles. The number of anilines is 1. The van der Waals surface area contributed by atoms with Gasteiger partial charge in [-0.1, -0.05) is 18.2 Å². The highest BCUT2D eigenvalue weighted by Gasteiger charge is 2.28. The number of piperidine rings is 1. The van der Waals surface area contributed by atoms with Crippen LogP contribution in [-0.4, -0.2) is 58.0 Å². The number of hydrogen-bond donors (Lipinski definition) is 1. The van der Waals surface area contributed by atoms with E-state index in [9.17, 15) is 13.2 Å². The van der Waals surface area contributed by atoms with Crippen molar-refractivity contribution in [1.29, 1.82) is 0 Å². The van der Waals surface area contributed by atoms with Gasteiger partial charge in [-0.2, -0.15) is 4.31 Å². The van der Waals surface area contributed by atoms with E-state index >= 15 is 0 Å². The summed E-state index contributed by atoms with van der Waals surface area (Å²) in [7, 11) is -3.66. The summed E-state index contributed by atoms with van der Waals surface area (Å²) < 4.78 is 32.8. The van der Waals surface area contributed by atoms with Crippen LogP contribution in [0.5, 0.6) is 0 Å². The van der Waals surface area contributed by atoms with Crippen LogP contribution in [0, 0.1) is 6.92 Å². The Morgan fingerprint density at radius 1 is 0.969 bits per heavy atom. The van der Waals surface area contributed by atoms with E-state index in [4.69, 9.17) is 4.74 Å². The van der Waals surface area contributed by atoms with E-state index in [1.807, 2.05) is 12.1 Å². The molecule has 0 spiro atoms. The van der Waals surface area contributed by atoms with Crippen molar-refractivity contribution in [2.24, 2.45) is 0 Å². The molecule has 0 atom stereocenters. The van der Waals surface area contributed by atoms with Gasteiger partial charge in [0.1, 0.15) is 0 Å². The van der Waals surface area contributed by atoms with Crippen molar-refractivity contribution in [3.8, 4) is 0 Å². The highest BCUT2D eigenvalue weighted by atomic mass is 32.2. The molecule has 2 aliphatic rings. The molecule has 1 amide bonds. The van der Waals surface area contributed by atoms with Crippen LogP contribution in [0.1, 0.15) is 40.7 Å². The Kier molecular flexibility index (Phi) is 7.13. The first-order valence-corrected chi connectivity index (χ1v) is 12.7. The van der Waals surface area contributed by atoms with Crippen molar-refractivity contribution in [2.75, 3.05) is 44.3 Å². The molecule has 2 aliphatic heterocycles. The molecule has 0 aromatic heterocycles. The first-order valence-electron chi connectivity index (χ1n) is 11.3. The topological polar surface area (TPSA) is 79.0 Å². The van der Waals surface area contributed by atoms with Gasteiger partial charge >= 0.3 is 0 Å². The maximum atomic E-state index is 13.1. The summed E-state index contributed by atoms with van der Waals surface area (Å²) in [5, 5.41) is 2.91. The quantitative estimate of drug-likeness (QED) is 0.722. The predicted octanol–water partition coefficient (Wildman–Crippen LogP) is 2.94. The molecule has 2 aromatic carbocycles. The molecule has 8 heteroatoms. The summed E-state index contributed by atoms with van der Waals surface area (Å²) in [6.45, 7) is 5.75. The first kappa shape index (κ1) is 22.8. The van der Waals surface area contributed by atoms with Crippen LogP contribution < -0.4 is 10.2 Å². The summed E-state index contributed by atoms with van der Waals surface area (Å²) in [4.78, 5) is 15.3. The van der Waals surface area contributed by atoms with Gasteiger partial charge in [0.2, 0.25) is 10.0 Å². The van der Waals surface area contributed by atoms with Gasteiger partial charge in [-0.15, -0.1) is 0 Å². The lowest BCUT2D eigenvalue weighted by molar-refractivity contribution is 0.0730. The summed E-state index contributed by atoms with van der Waals surface area (Å²) in [6, 6.07) is 13.1. The van der Waals surface area contributed by atoms with Gasteiger partial charge in [0.05, 0.1) is 18.1 Å². The molecule has 1 N–H and O–H groups in total. The zero-order valence-electron chi connectivity index (χ0n) is 18.5. The molecule has 0 unspecified atom stereocenters. The fourth-order valence-corrected chi connectivity index (χ4v) is 5.87. The maximum Gasteiger partial charge on any atom is 0.251 e. The zero-order chi connectivity index (χ0) is 22.6. The lowest BCUT2D eigenvalue weighted by Crippen LogP contribution is -2.41. The summed E-state index contributed by atoms with van der Waals surface area (Å²) in [5.41, 5.74) is 3.19. The Morgan fingerprint density at radius 3 is 2.34 bits per heavy atom. The van der Waals surface area contributed by atoms with Crippen LogP contribution in [0.2, 0.25) is 0 Å². The molecule has 32 heavy (non-hydrogen) atoms. The number of aryl methyl sites for hydroxylation is 1. The molecule has 2 fully saturated rings. The number of nitrogens with zero attached hydrogens (tertiary/aromatic N) is 2. The molecule has 0 aliphatic carbocycles. The Balaban J connectivity index is 1.42. The Bertz CT molecular complexity index is 1040. The zero-order valence-corrected chi connectivity index (χ0v) is 19.4. The van der Waals surface area contributed by atoms with Gasteiger partial charge in [-0.3, -0.25) is 4.79 Å². The number of rotatable bonds is 6. The molecule has 0 saturated carbocycles. The average molecular weight is 458 g/mol. The normalized spacial score (nSPS) is 17.8. The number of sulfonamides is 1. The lowest BCUT2D eigenvalue weighted by Gasteiger charge is -2.28. The third-order valence-corrected chi connectivity index (χ3v) is 8.19. The van der Waals surface area contributed by atoms with Crippen LogP contribution in [0.4, 0.5) is 5.69 Å². The minimum Gasteiger partial charge on any atom is -0.379 e. The van der Waals surface area contributed by atoms with E-state index in [0.717, 1.165) is 18.7 Å². The van der Waals surface area contributed by atoms with Crippen LogP contribution in [0.3, 0.4) is 0 Å². The van der Waals surface area contributed by atoms with Gasteiger partial charge in [-0.25, -0.2) is 8.42 Å². The van der Waals surface area contributed by atoms with E-state index in [1.165, 1.54) is 35.3 Å². The predicted molar refractivity (Wildman–Crippen MR) is 124 cm³/mol. The van der Waals surface area contributed by atoms with E-state index in [2.05, 4.69) is 22.3 Å². The second-order valence-corrected chi connectivity index (χ2v) is 10.3. The number of amides is 1. The smallest absolute Gasteiger partial charge is 0.251 e. The van der Waals surface area contributed by atoms with Crippen molar-refractivity contribution >= 4 is 21.6 Å². The SMILES string of the molecule is Cc1ccc(C(=O)NCc2ccc(N3CCCCC3)cc2)cc1S(=O)(=O)N1CCOCC1. The van der Waals surface area contributed by atoms with Gasteiger partial charge in [0.25, 0.3) is 5.91 Å². The number of morpholine rings is 1. The molecule has 172 valence electrons. The average Bonchev–Trinajstić information content (AvgIpc) is 2.84. The van der Waals surface area contributed by atoms with Crippen molar-refractivity contribution in [1.82, 2.24) is 9.62 Å². The number of carbonyl (C=O) groups excluding carboxylic acids is 1. The highest BCUT2D eigenvalue weighted by Crippen LogP contribution is 2.23. The Hall–Kier alpha value is -2.42. The fourth-order valence-electron chi connectivity index (χ4n) is 4.21. The molecule has 2 aromatic rings. The van der Waals surface area contributed by atoms with Crippen LogP contribution in [0.15, 0.2) is 47.4 Å².